The summed E-state index contributed by atoms with van der Waals surface area (Å²) in [4.78, 5) is 12.1. The van der Waals surface area contributed by atoms with Crippen molar-refractivity contribution >= 4 is 5.91 Å². The van der Waals surface area contributed by atoms with E-state index in [2.05, 4.69) is 5.32 Å². The van der Waals surface area contributed by atoms with Crippen LogP contribution in [-0.2, 0) is 9.53 Å². The molecule has 1 heterocycles. The van der Waals surface area contributed by atoms with Crippen molar-refractivity contribution in [1.82, 2.24) is 5.32 Å². The maximum absolute atomic E-state index is 12.1. The van der Waals surface area contributed by atoms with Crippen molar-refractivity contribution in [2.45, 2.75) is 75.9 Å². The second-order valence-corrected chi connectivity index (χ2v) is 6.12. The Bertz CT molecular complexity index is 282. The van der Waals surface area contributed by atoms with Crippen LogP contribution in [0.25, 0.3) is 0 Å². The van der Waals surface area contributed by atoms with Crippen LogP contribution in [0.2, 0.25) is 0 Å². The molecule has 0 aromatic heterocycles. The maximum Gasteiger partial charge on any atom is 0.220 e. The fraction of sp³-hybridized carbons (Fsp3) is 0.933. The molecule has 0 spiro atoms. The Morgan fingerprint density at radius 2 is 2.00 bits per heavy atom. The van der Waals surface area contributed by atoms with Gasteiger partial charge in [-0.1, -0.05) is 19.3 Å². The molecule has 1 aliphatic heterocycles. The van der Waals surface area contributed by atoms with Gasteiger partial charge in [-0.05, 0) is 38.5 Å². The van der Waals surface area contributed by atoms with Crippen LogP contribution < -0.4 is 11.1 Å². The van der Waals surface area contributed by atoms with Gasteiger partial charge in [-0.3, -0.25) is 4.79 Å². The van der Waals surface area contributed by atoms with Crippen molar-refractivity contribution in [2.24, 2.45) is 5.73 Å². The molecule has 1 saturated carbocycles. The molecule has 110 valence electrons. The summed E-state index contributed by atoms with van der Waals surface area (Å²) in [5.74, 6) is 0.154. The smallest absolute Gasteiger partial charge is 0.220 e. The molecule has 2 aliphatic rings. The highest BCUT2D eigenvalue weighted by Gasteiger charge is 2.32. The number of hydrogen-bond donors (Lipinski definition) is 2. The average Bonchev–Trinajstić information content (AvgIpc) is 2.47. The predicted molar refractivity (Wildman–Crippen MR) is 75.8 cm³/mol. The van der Waals surface area contributed by atoms with Gasteiger partial charge in [0.15, 0.2) is 0 Å². The molecule has 3 N–H and O–H groups in total. The van der Waals surface area contributed by atoms with Crippen molar-refractivity contribution in [3.63, 3.8) is 0 Å². The summed E-state index contributed by atoms with van der Waals surface area (Å²) in [5.41, 5.74) is 5.76. The molecule has 1 saturated heterocycles. The lowest BCUT2D eigenvalue weighted by Gasteiger charge is -2.37. The first kappa shape index (κ1) is 14.8. The second kappa shape index (κ2) is 7.25. The number of hydrogen-bond acceptors (Lipinski definition) is 3. The normalized spacial score (nSPS) is 26.9. The molecular formula is C15H28N2O2. The quantitative estimate of drug-likeness (QED) is 0.802. The molecule has 0 aromatic carbocycles. The molecule has 2 fully saturated rings. The van der Waals surface area contributed by atoms with E-state index in [9.17, 15) is 4.79 Å². The van der Waals surface area contributed by atoms with Gasteiger partial charge in [0.1, 0.15) is 0 Å². The summed E-state index contributed by atoms with van der Waals surface area (Å²) in [6.07, 6.45) is 10.9. The van der Waals surface area contributed by atoms with Gasteiger partial charge >= 0.3 is 0 Å². The van der Waals surface area contributed by atoms with Gasteiger partial charge in [-0.15, -0.1) is 0 Å². The Morgan fingerprint density at radius 1 is 1.21 bits per heavy atom. The number of nitrogens with two attached hydrogens (primary N) is 1. The molecule has 0 radical (unpaired) electrons. The van der Waals surface area contributed by atoms with Crippen molar-refractivity contribution in [2.75, 3.05) is 13.2 Å². The molecule has 0 aromatic rings. The summed E-state index contributed by atoms with van der Waals surface area (Å²) in [5, 5.41) is 3.20. The molecule has 4 heteroatoms. The third kappa shape index (κ3) is 4.46. The predicted octanol–water partition coefficient (Wildman–Crippen LogP) is 2.11. The van der Waals surface area contributed by atoms with E-state index in [1.165, 1.54) is 32.1 Å². The van der Waals surface area contributed by atoms with Crippen LogP contribution in [0, 0.1) is 0 Å². The highest BCUT2D eigenvalue weighted by Crippen LogP contribution is 2.27. The standard InChI is InChI=1S/C15H28N2O2/c16-12-15(9-3-1-4-10-15)17-14(18)8-7-13-6-2-5-11-19-13/h13H,1-12,16H2,(H,17,18). The van der Waals surface area contributed by atoms with Crippen LogP contribution in [0.1, 0.15) is 64.2 Å². The van der Waals surface area contributed by atoms with Crippen molar-refractivity contribution < 1.29 is 9.53 Å². The van der Waals surface area contributed by atoms with Crippen molar-refractivity contribution in [1.29, 1.82) is 0 Å². The van der Waals surface area contributed by atoms with E-state index in [0.717, 1.165) is 32.3 Å². The topological polar surface area (TPSA) is 64.3 Å². The van der Waals surface area contributed by atoms with Gasteiger partial charge in [-0.25, -0.2) is 0 Å². The largest absolute Gasteiger partial charge is 0.378 e. The highest BCUT2D eigenvalue weighted by molar-refractivity contribution is 5.76. The summed E-state index contributed by atoms with van der Waals surface area (Å²) >= 11 is 0. The van der Waals surface area contributed by atoms with Gasteiger partial charge in [-0.2, -0.15) is 0 Å². The van der Waals surface area contributed by atoms with E-state index in [1.54, 1.807) is 0 Å². The zero-order chi connectivity index (χ0) is 13.6. The molecule has 4 nitrogen and oxygen atoms in total. The Hall–Kier alpha value is -0.610. The maximum atomic E-state index is 12.1. The third-order valence-corrected chi connectivity index (χ3v) is 4.57. The van der Waals surface area contributed by atoms with Gasteiger partial charge in [0.2, 0.25) is 5.91 Å². The van der Waals surface area contributed by atoms with Crippen LogP contribution in [0.15, 0.2) is 0 Å². The van der Waals surface area contributed by atoms with Gasteiger partial charge < -0.3 is 15.8 Å². The first-order valence-electron chi connectivity index (χ1n) is 7.87. The van der Waals surface area contributed by atoms with Gasteiger partial charge in [0, 0.05) is 19.6 Å². The average molecular weight is 268 g/mol. The number of carbonyl (C=O) groups is 1. The van der Waals surface area contributed by atoms with E-state index in [1.807, 2.05) is 0 Å². The molecule has 1 unspecified atom stereocenters. The van der Waals surface area contributed by atoms with E-state index in [4.69, 9.17) is 10.5 Å². The lowest BCUT2D eigenvalue weighted by Crippen LogP contribution is -2.54. The van der Waals surface area contributed by atoms with E-state index in [-0.39, 0.29) is 11.4 Å². The fourth-order valence-corrected chi connectivity index (χ4v) is 3.29. The minimum absolute atomic E-state index is 0.122. The van der Waals surface area contributed by atoms with Gasteiger partial charge in [0.05, 0.1) is 11.6 Å². The number of carbonyl (C=O) groups excluding carboxylic acids is 1. The molecule has 19 heavy (non-hydrogen) atoms. The molecule has 1 aliphatic carbocycles. The minimum atomic E-state index is -0.122. The van der Waals surface area contributed by atoms with E-state index >= 15 is 0 Å². The molecule has 1 atom stereocenters. The first-order chi connectivity index (χ1) is 9.24. The first-order valence-corrected chi connectivity index (χ1v) is 7.87. The number of ether oxygens (including phenoxy) is 1. The van der Waals surface area contributed by atoms with Crippen LogP contribution >= 0.6 is 0 Å². The molecular weight excluding hydrogens is 240 g/mol. The summed E-state index contributed by atoms with van der Waals surface area (Å²) < 4.78 is 5.67. The summed E-state index contributed by atoms with van der Waals surface area (Å²) in [7, 11) is 0. The Labute approximate surface area is 116 Å². The monoisotopic (exact) mass is 268 g/mol. The Kier molecular flexibility index (Phi) is 5.64. The van der Waals surface area contributed by atoms with Crippen molar-refractivity contribution in [3.8, 4) is 0 Å². The Balaban J connectivity index is 1.72. The number of nitrogens with one attached hydrogen (secondary N) is 1. The van der Waals surface area contributed by atoms with Gasteiger partial charge in [0.25, 0.3) is 0 Å². The second-order valence-electron chi connectivity index (χ2n) is 6.12. The third-order valence-electron chi connectivity index (χ3n) is 4.57. The molecule has 2 rings (SSSR count). The summed E-state index contributed by atoms with van der Waals surface area (Å²) in [6, 6.07) is 0. The van der Waals surface area contributed by atoms with Crippen LogP contribution in [-0.4, -0.2) is 30.7 Å². The van der Waals surface area contributed by atoms with Crippen LogP contribution in [0.5, 0.6) is 0 Å². The number of amides is 1. The lowest BCUT2D eigenvalue weighted by atomic mass is 9.81. The van der Waals surface area contributed by atoms with Crippen LogP contribution in [0.4, 0.5) is 0 Å². The Morgan fingerprint density at radius 3 is 2.63 bits per heavy atom. The van der Waals surface area contributed by atoms with Crippen molar-refractivity contribution in [3.05, 3.63) is 0 Å². The SMILES string of the molecule is NCC1(NC(=O)CCC2CCCCO2)CCCCC1. The lowest BCUT2D eigenvalue weighted by molar-refractivity contribution is -0.124. The zero-order valence-electron chi connectivity index (χ0n) is 12.0. The molecule has 0 bridgehead atoms. The van der Waals surface area contributed by atoms with E-state index < -0.39 is 0 Å². The van der Waals surface area contributed by atoms with Crippen LogP contribution in [0.3, 0.4) is 0 Å². The minimum Gasteiger partial charge on any atom is -0.378 e. The zero-order valence-corrected chi connectivity index (χ0v) is 12.0. The number of rotatable bonds is 5. The highest BCUT2D eigenvalue weighted by atomic mass is 16.5. The molecule has 1 amide bonds. The fourth-order valence-electron chi connectivity index (χ4n) is 3.29. The summed E-state index contributed by atoms with van der Waals surface area (Å²) in [6.45, 7) is 1.43. The van der Waals surface area contributed by atoms with E-state index in [0.29, 0.717) is 19.1 Å².